The first kappa shape index (κ1) is 23.1. The molecule has 1 amide bonds. The van der Waals surface area contributed by atoms with Crippen LogP contribution in [0.2, 0.25) is 0 Å². The van der Waals surface area contributed by atoms with Gasteiger partial charge < -0.3 is 14.9 Å². The topological polar surface area (TPSA) is 85.4 Å². The molecule has 0 bridgehead atoms. The first-order valence-electron chi connectivity index (χ1n) is 12.1. The average molecular weight is 470 g/mol. The van der Waals surface area contributed by atoms with E-state index >= 15 is 0 Å². The Morgan fingerprint density at radius 1 is 1.09 bits per heavy atom. The van der Waals surface area contributed by atoms with Crippen LogP contribution in [0.5, 0.6) is 5.75 Å². The molecule has 1 unspecified atom stereocenters. The van der Waals surface area contributed by atoms with Crippen molar-refractivity contribution in [3.63, 3.8) is 0 Å². The molecule has 35 heavy (non-hydrogen) atoms. The minimum atomic E-state index is -0.215. The van der Waals surface area contributed by atoms with Crippen molar-refractivity contribution in [2.75, 3.05) is 27.2 Å². The van der Waals surface area contributed by atoms with Gasteiger partial charge in [0.1, 0.15) is 5.75 Å². The normalized spacial score (nSPS) is 15.6. The summed E-state index contributed by atoms with van der Waals surface area (Å²) in [6.45, 7) is 3.61. The number of carbonyl (C=O) groups excluding carboxylic acids is 1. The number of benzene rings is 2. The Bertz CT molecular complexity index is 1350. The second-order valence-corrected chi connectivity index (χ2v) is 9.58. The monoisotopic (exact) mass is 469 g/mol. The van der Waals surface area contributed by atoms with E-state index in [1.807, 2.05) is 48.2 Å². The van der Waals surface area contributed by atoms with Gasteiger partial charge in [0.2, 0.25) is 5.91 Å². The number of amides is 1. The number of nitrogens with one attached hydrogen (secondary N) is 1. The number of hydrogen-bond acceptors (Lipinski definition) is 5. The number of phenols is 1. The predicted molar refractivity (Wildman–Crippen MR) is 138 cm³/mol. The van der Waals surface area contributed by atoms with E-state index in [1.54, 1.807) is 18.3 Å². The lowest BCUT2D eigenvalue weighted by Crippen LogP contribution is -2.45. The minimum Gasteiger partial charge on any atom is -0.507 e. The summed E-state index contributed by atoms with van der Waals surface area (Å²) in [7, 11) is 4.22. The van der Waals surface area contributed by atoms with E-state index in [0.29, 0.717) is 17.3 Å². The molecular weight excluding hydrogens is 438 g/mol. The highest BCUT2D eigenvalue weighted by Gasteiger charge is 2.27. The van der Waals surface area contributed by atoms with Crippen molar-refractivity contribution in [2.45, 2.75) is 31.7 Å². The summed E-state index contributed by atoms with van der Waals surface area (Å²) in [6, 6.07) is 17.9. The Kier molecular flexibility index (Phi) is 6.26. The Hall–Kier alpha value is -3.71. The first-order chi connectivity index (χ1) is 16.9. The molecule has 1 aliphatic rings. The number of nitrogens with zero attached hydrogens (tertiary/aromatic N) is 4. The molecule has 1 aliphatic heterocycles. The maximum absolute atomic E-state index is 13.3. The molecule has 2 N–H and O–H groups in total. The van der Waals surface area contributed by atoms with Crippen LogP contribution < -0.4 is 0 Å². The number of aromatic hydroxyl groups is 1. The van der Waals surface area contributed by atoms with Crippen LogP contribution in [-0.4, -0.2) is 69.2 Å². The number of para-hydroxylation sites is 1. The zero-order valence-electron chi connectivity index (χ0n) is 20.4. The molecule has 7 nitrogen and oxygen atoms in total. The van der Waals surface area contributed by atoms with E-state index in [1.165, 1.54) is 0 Å². The van der Waals surface area contributed by atoms with E-state index in [9.17, 15) is 9.90 Å². The van der Waals surface area contributed by atoms with Crippen LogP contribution in [0.3, 0.4) is 0 Å². The van der Waals surface area contributed by atoms with E-state index in [0.717, 1.165) is 53.7 Å². The first-order valence-corrected chi connectivity index (χ1v) is 12.1. The number of fused-ring (bicyclic) bond motifs is 1. The van der Waals surface area contributed by atoms with Crippen LogP contribution in [0.4, 0.5) is 0 Å². The quantitative estimate of drug-likeness (QED) is 0.444. The fourth-order valence-electron chi connectivity index (χ4n) is 4.95. The number of aromatic nitrogens is 3. The molecule has 180 valence electrons. The lowest BCUT2D eigenvalue weighted by Gasteiger charge is -2.36. The maximum atomic E-state index is 13.3. The Labute approximate surface area is 205 Å². The van der Waals surface area contributed by atoms with E-state index < -0.39 is 0 Å². The van der Waals surface area contributed by atoms with Gasteiger partial charge in [-0.15, -0.1) is 0 Å². The van der Waals surface area contributed by atoms with Gasteiger partial charge in [0.15, 0.2) is 5.65 Å². The number of pyridine rings is 1. The SMILES string of the molecule is CC(C(=O)N1CCC(N(C)C)CC1)c1cccc(-c2cnc3n[nH]c(-c4ccccc4O)c3c2)c1. The number of hydrogen-bond donors (Lipinski definition) is 2. The number of rotatable bonds is 5. The van der Waals surface area contributed by atoms with Gasteiger partial charge >= 0.3 is 0 Å². The Morgan fingerprint density at radius 2 is 1.86 bits per heavy atom. The molecule has 0 spiro atoms. The molecule has 3 heterocycles. The van der Waals surface area contributed by atoms with Crippen molar-refractivity contribution in [3.05, 3.63) is 66.4 Å². The van der Waals surface area contributed by atoms with Crippen molar-refractivity contribution >= 4 is 16.9 Å². The standard InChI is InChI=1S/C28H31N5O2/c1-18(28(35)33-13-11-22(12-14-33)32(2)3)19-7-6-8-20(15-19)21-16-24-26(30-31-27(24)29-17-21)23-9-4-5-10-25(23)34/h4-10,15-18,22,34H,11-14H2,1-3H3,(H,29,30,31). The molecule has 1 saturated heterocycles. The molecule has 0 saturated carbocycles. The van der Waals surface area contributed by atoms with Crippen LogP contribution in [0.15, 0.2) is 60.8 Å². The van der Waals surface area contributed by atoms with Gasteiger partial charge in [0, 0.05) is 41.8 Å². The number of carbonyl (C=O) groups is 1. The fourth-order valence-corrected chi connectivity index (χ4v) is 4.95. The van der Waals surface area contributed by atoms with Crippen LogP contribution in [-0.2, 0) is 4.79 Å². The van der Waals surface area contributed by atoms with Gasteiger partial charge in [0.25, 0.3) is 0 Å². The molecule has 5 rings (SSSR count). The van der Waals surface area contributed by atoms with Gasteiger partial charge in [-0.2, -0.15) is 5.10 Å². The van der Waals surface area contributed by atoms with Gasteiger partial charge in [-0.1, -0.05) is 36.4 Å². The summed E-state index contributed by atoms with van der Waals surface area (Å²) >= 11 is 0. The summed E-state index contributed by atoms with van der Waals surface area (Å²) in [5.41, 5.74) is 4.92. The lowest BCUT2D eigenvalue weighted by molar-refractivity contribution is -0.133. The fraction of sp³-hybridized carbons (Fsp3) is 0.321. The summed E-state index contributed by atoms with van der Waals surface area (Å²) in [6.07, 6.45) is 3.83. The third kappa shape index (κ3) is 4.51. The smallest absolute Gasteiger partial charge is 0.229 e. The van der Waals surface area contributed by atoms with Crippen molar-refractivity contribution in [1.29, 1.82) is 0 Å². The average Bonchev–Trinajstić information content (AvgIpc) is 3.31. The summed E-state index contributed by atoms with van der Waals surface area (Å²) < 4.78 is 0. The van der Waals surface area contributed by atoms with E-state index in [-0.39, 0.29) is 17.6 Å². The molecule has 7 heteroatoms. The molecule has 0 radical (unpaired) electrons. The summed E-state index contributed by atoms with van der Waals surface area (Å²) in [5.74, 6) is 0.158. The summed E-state index contributed by atoms with van der Waals surface area (Å²) in [4.78, 5) is 22.1. The zero-order valence-corrected chi connectivity index (χ0v) is 20.4. The van der Waals surface area contributed by atoms with Gasteiger partial charge in [0.05, 0.1) is 11.6 Å². The Morgan fingerprint density at radius 3 is 2.60 bits per heavy atom. The Balaban J connectivity index is 1.41. The van der Waals surface area contributed by atoms with Crippen molar-refractivity contribution < 1.29 is 9.90 Å². The third-order valence-corrected chi connectivity index (χ3v) is 7.18. The number of likely N-dealkylation sites (tertiary alicyclic amines) is 1. The van der Waals surface area contributed by atoms with Crippen molar-refractivity contribution in [3.8, 4) is 28.1 Å². The molecular formula is C28H31N5O2. The van der Waals surface area contributed by atoms with Gasteiger partial charge in [-0.05, 0) is 63.2 Å². The number of piperidine rings is 1. The molecule has 4 aromatic rings. The molecule has 0 aliphatic carbocycles. The number of phenolic OH excluding ortho intramolecular Hbond substituents is 1. The second kappa shape index (κ2) is 9.50. The van der Waals surface area contributed by atoms with Crippen LogP contribution in [0, 0.1) is 0 Å². The van der Waals surface area contributed by atoms with Gasteiger partial charge in [-0.3, -0.25) is 9.89 Å². The lowest BCUT2D eigenvalue weighted by atomic mass is 9.94. The number of aromatic amines is 1. The maximum Gasteiger partial charge on any atom is 0.229 e. The van der Waals surface area contributed by atoms with Crippen LogP contribution in [0.1, 0.15) is 31.2 Å². The second-order valence-electron chi connectivity index (χ2n) is 9.58. The molecule has 1 atom stereocenters. The third-order valence-electron chi connectivity index (χ3n) is 7.18. The molecule has 2 aromatic heterocycles. The molecule has 2 aromatic carbocycles. The highest BCUT2D eigenvalue weighted by atomic mass is 16.3. The molecule has 1 fully saturated rings. The summed E-state index contributed by atoms with van der Waals surface area (Å²) in [5, 5.41) is 18.5. The highest BCUT2D eigenvalue weighted by Crippen LogP contribution is 2.34. The number of H-pyrrole nitrogens is 1. The predicted octanol–water partition coefficient (Wildman–Crippen LogP) is 4.65. The van der Waals surface area contributed by atoms with Crippen molar-refractivity contribution in [1.82, 2.24) is 25.0 Å². The zero-order chi connectivity index (χ0) is 24.5. The van der Waals surface area contributed by atoms with E-state index in [4.69, 9.17) is 0 Å². The van der Waals surface area contributed by atoms with Crippen LogP contribution in [0.25, 0.3) is 33.4 Å². The van der Waals surface area contributed by atoms with Crippen LogP contribution >= 0.6 is 0 Å². The van der Waals surface area contributed by atoms with E-state index in [2.05, 4.69) is 40.2 Å². The minimum absolute atomic E-state index is 0.185. The highest BCUT2D eigenvalue weighted by molar-refractivity contribution is 5.94. The van der Waals surface area contributed by atoms with Crippen molar-refractivity contribution in [2.24, 2.45) is 0 Å². The van der Waals surface area contributed by atoms with Gasteiger partial charge in [-0.25, -0.2) is 4.98 Å². The largest absolute Gasteiger partial charge is 0.507 e.